The highest BCUT2D eigenvalue weighted by molar-refractivity contribution is 6.01. The van der Waals surface area contributed by atoms with E-state index in [1.165, 1.54) is 0 Å². The highest BCUT2D eigenvalue weighted by Crippen LogP contribution is 2.45. The Morgan fingerprint density at radius 3 is 2.81 bits per heavy atom. The van der Waals surface area contributed by atoms with Gasteiger partial charge in [-0.15, -0.1) is 0 Å². The van der Waals surface area contributed by atoms with Gasteiger partial charge in [-0.25, -0.2) is 0 Å². The molecule has 0 amide bonds. The molecule has 3 rings (SSSR count). The second-order valence-electron chi connectivity index (χ2n) is 4.97. The number of carbonyl (C=O) groups excluding carboxylic acids is 1. The largest absolute Gasteiger partial charge is 0.374 e. The van der Waals surface area contributed by atoms with Gasteiger partial charge in [-0.1, -0.05) is 18.2 Å². The van der Waals surface area contributed by atoms with Crippen LogP contribution in [0.25, 0.3) is 0 Å². The van der Waals surface area contributed by atoms with E-state index in [2.05, 4.69) is 12.2 Å². The summed E-state index contributed by atoms with van der Waals surface area (Å²) in [5.41, 5.74) is 0.839. The van der Waals surface area contributed by atoms with Crippen LogP contribution < -0.4 is 0 Å². The Hall–Kier alpha value is -0.930. The summed E-state index contributed by atoms with van der Waals surface area (Å²) in [7, 11) is 0. The van der Waals surface area contributed by atoms with Crippen LogP contribution in [0, 0.1) is 11.8 Å². The molecular weight excluding hydrogens is 204 g/mol. The Morgan fingerprint density at radius 2 is 2.12 bits per heavy atom. The van der Waals surface area contributed by atoms with Gasteiger partial charge in [0.25, 0.3) is 0 Å². The molecule has 0 N–H and O–H groups in total. The van der Waals surface area contributed by atoms with Gasteiger partial charge in [-0.2, -0.15) is 0 Å². The molecule has 0 radical (unpaired) electrons. The van der Waals surface area contributed by atoms with Crippen molar-refractivity contribution in [3.63, 3.8) is 0 Å². The third-order valence-electron chi connectivity index (χ3n) is 3.54. The number of ether oxygens (including phenoxy) is 2. The second-order valence-corrected chi connectivity index (χ2v) is 4.97. The zero-order valence-electron chi connectivity index (χ0n) is 9.55. The lowest BCUT2D eigenvalue weighted by Gasteiger charge is -2.14. The predicted octanol–water partition coefficient (Wildman–Crippen LogP) is 1.49. The monoisotopic (exact) mass is 220 g/mol. The van der Waals surface area contributed by atoms with Crippen molar-refractivity contribution in [1.29, 1.82) is 0 Å². The summed E-state index contributed by atoms with van der Waals surface area (Å²) in [4.78, 5) is 12.1. The SMILES string of the molecule is CC(C)OCC1=C[C@@H]2[C@H](C1=O)[C@H]1C=C[C@@H]2O1. The highest BCUT2D eigenvalue weighted by Gasteiger charge is 2.52. The number of ketones is 1. The Labute approximate surface area is 95.1 Å². The molecule has 0 spiro atoms. The van der Waals surface area contributed by atoms with Crippen molar-refractivity contribution in [1.82, 2.24) is 0 Å². The van der Waals surface area contributed by atoms with Crippen LogP contribution in [-0.4, -0.2) is 30.7 Å². The third kappa shape index (κ3) is 1.39. The molecule has 2 aliphatic heterocycles. The van der Waals surface area contributed by atoms with Crippen LogP contribution in [0.4, 0.5) is 0 Å². The molecular formula is C13H16O3. The van der Waals surface area contributed by atoms with E-state index in [-0.39, 0.29) is 35.9 Å². The maximum atomic E-state index is 12.1. The molecule has 1 aliphatic carbocycles. The minimum Gasteiger partial charge on any atom is -0.374 e. The molecule has 16 heavy (non-hydrogen) atoms. The standard InChI is InChI=1S/C13H16O3/c1-7(2)15-6-8-5-9-10-3-4-11(16-10)12(9)13(8)14/h3-5,7,9-12H,6H2,1-2H3/t9-,10-,11+,12-/m0/s1. The lowest BCUT2D eigenvalue weighted by Crippen LogP contribution is -2.26. The predicted molar refractivity (Wildman–Crippen MR) is 59.0 cm³/mol. The van der Waals surface area contributed by atoms with Crippen LogP contribution >= 0.6 is 0 Å². The van der Waals surface area contributed by atoms with Crippen molar-refractivity contribution in [2.75, 3.05) is 6.61 Å². The number of Topliss-reactive ketones (excluding diaryl/α,β-unsaturated/α-hetero) is 1. The van der Waals surface area contributed by atoms with Crippen molar-refractivity contribution >= 4 is 5.78 Å². The van der Waals surface area contributed by atoms with Gasteiger partial charge < -0.3 is 9.47 Å². The summed E-state index contributed by atoms with van der Waals surface area (Å²) >= 11 is 0. The molecule has 2 bridgehead atoms. The topological polar surface area (TPSA) is 35.5 Å². The summed E-state index contributed by atoms with van der Waals surface area (Å²) in [6, 6.07) is 0. The molecule has 86 valence electrons. The molecule has 0 saturated carbocycles. The fourth-order valence-electron chi connectivity index (χ4n) is 2.76. The van der Waals surface area contributed by atoms with E-state index in [9.17, 15) is 4.79 Å². The average Bonchev–Trinajstić information content (AvgIpc) is 2.88. The van der Waals surface area contributed by atoms with Crippen molar-refractivity contribution in [2.24, 2.45) is 11.8 Å². The summed E-state index contributed by atoms with van der Waals surface area (Å²) < 4.78 is 11.2. The Balaban J connectivity index is 1.75. The van der Waals surface area contributed by atoms with Gasteiger partial charge in [0.15, 0.2) is 5.78 Å². The summed E-state index contributed by atoms with van der Waals surface area (Å²) in [5, 5.41) is 0. The minimum absolute atomic E-state index is 0.00954. The number of rotatable bonds is 3. The molecule has 3 heteroatoms. The molecule has 3 nitrogen and oxygen atoms in total. The van der Waals surface area contributed by atoms with Crippen LogP contribution in [0.1, 0.15) is 13.8 Å². The molecule has 0 unspecified atom stereocenters. The van der Waals surface area contributed by atoms with Crippen molar-refractivity contribution in [2.45, 2.75) is 32.2 Å². The number of hydrogen-bond acceptors (Lipinski definition) is 3. The van der Waals surface area contributed by atoms with Crippen molar-refractivity contribution < 1.29 is 14.3 Å². The van der Waals surface area contributed by atoms with E-state index in [0.29, 0.717) is 6.61 Å². The first-order chi connectivity index (χ1) is 7.66. The zero-order valence-corrected chi connectivity index (χ0v) is 9.55. The van der Waals surface area contributed by atoms with Crippen molar-refractivity contribution in [3.05, 3.63) is 23.8 Å². The molecule has 3 aliphatic rings. The van der Waals surface area contributed by atoms with Crippen LogP contribution in [0.15, 0.2) is 23.8 Å². The van der Waals surface area contributed by atoms with E-state index in [4.69, 9.17) is 9.47 Å². The number of fused-ring (bicyclic) bond motifs is 5. The van der Waals surface area contributed by atoms with Crippen LogP contribution in [0.2, 0.25) is 0 Å². The van der Waals surface area contributed by atoms with E-state index < -0.39 is 0 Å². The van der Waals surface area contributed by atoms with E-state index >= 15 is 0 Å². The number of carbonyl (C=O) groups is 1. The summed E-state index contributed by atoms with van der Waals surface area (Å²) in [6.07, 6.45) is 6.45. The smallest absolute Gasteiger partial charge is 0.167 e. The van der Waals surface area contributed by atoms with Gasteiger partial charge in [0.2, 0.25) is 0 Å². The first-order valence-electron chi connectivity index (χ1n) is 5.87. The van der Waals surface area contributed by atoms with Gasteiger partial charge >= 0.3 is 0 Å². The summed E-state index contributed by atoms with van der Waals surface area (Å²) in [6.45, 7) is 4.41. The Bertz CT molecular complexity index is 381. The highest BCUT2D eigenvalue weighted by atomic mass is 16.5. The van der Waals surface area contributed by atoms with Crippen molar-refractivity contribution in [3.8, 4) is 0 Å². The van der Waals surface area contributed by atoms with Gasteiger partial charge in [0.05, 0.1) is 30.8 Å². The van der Waals surface area contributed by atoms with E-state index in [0.717, 1.165) is 5.57 Å². The molecule has 1 saturated heterocycles. The second kappa shape index (κ2) is 3.54. The Morgan fingerprint density at radius 1 is 1.38 bits per heavy atom. The van der Waals surface area contributed by atoms with E-state index in [1.807, 2.05) is 19.9 Å². The maximum Gasteiger partial charge on any atom is 0.167 e. The van der Waals surface area contributed by atoms with Gasteiger partial charge in [0, 0.05) is 11.5 Å². The normalized spacial score (nSPS) is 39.7. The molecule has 2 heterocycles. The fraction of sp³-hybridized carbons (Fsp3) is 0.615. The fourth-order valence-corrected chi connectivity index (χ4v) is 2.76. The van der Waals surface area contributed by atoms with Crippen LogP contribution in [0.3, 0.4) is 0 Å². The molecule has 0 aromatic rings. The molecule has 0 aromatic carbocycles. The van der Waals surface area contributed by atoms with Gasteiger partial charge in [-0.05, 0) is 13.8 Å². The minimum atomic E-state index is 0.00954. The Kier molecular flexibility index (Phi) is 2.26. The maximum absolute atomic E-state index is 12.1. The first kappa shape index (κ1) is 10.2. The van der Waals surface area contributed by atoms with Crippen LogP contribution in [-0.2, 0) is 14.3 Å². The van der Waals surface area contributed by atoms with Gasteiger partial charge in [-0.3, -0.25) is 4.79 Å². The number of hydrogen-bond donors (Lipinski definition) is 0. The van der Waals surface area contributed by atoms with Gasteiger partial charge in [0.1, 0.15) is 0 Å². The summed E-state index contributed by atoms with van der Waals surface area (Å²) in [5.74, 6) is 0.511. The van der Waals surface area contributed by atoms with Crippen LogP contribution in [0.5, 0.6) is 0 Å². The average molecular weight is 220 g/mol. The lowest BCUT2D eigenvalue weighted by atomic mass is 9.85. The quantitative estimate of drug-likeness (QED) is 0.676. The lowest BCUT2D eigenvalue weighted by molar-refractivity contribution is -0.120. The van der Waals surface area contributed by atoms with E-state index in [1.54, 1.807) is 0 Å². The molecule has 0 aromatic heterocycles. The first-order valence-corrected chi connectivity index (χ1v) is 5.87. The molecule has 4 atom stereocenters. The third-order valence-corrected chi connectivity index (χ3v) is 3.54. The zero-order chi connectivity index (χ0) is 11.3. The molecule has 1 fully saturated rings.